The van der Waals surface area contributed by atoms with Gasteiger partial charge in [0, 0.05) is 5.41 Å². The summed E-state index contributed by atoms with van der Waals surface area (Å²) in [5.74, 6) is 2.64. The largest absolute Gasteiger partial charge is 0.393 e. The molecule has 0 heterocycles. The molecule has 4 saturated carbocycles. The Morgan fingerprint density at radius 1 is 1.00 bits per heavy atom. The number of hydrogen-bond acceptors (Lipinski definition) is 2. The molecule has 0 bridgehead atoms. The molecule has 5 aliphatic rings. The number of aliphatic hydroxyl groups excluding tert-OH is 2. The molecule has 2 N–H and O–H groups in total. The molecule has 0 unspecified atom stereocenters. The van der Waals surface area contributed by atoms with E-state index in [1.807, 2.05) is 0 Å². The van der Waals surface area contributed by atoms with Crippen molar-refractivity contribution >= 4 is 0 Å². The zero-order chi connectivity index (χ0) is 19.6. The van der Waals surface area contributed by atoms with Crippen molar-refractivity contribution < 1.29 is 10.2 Å². The van der Waals surface area contributed by atoms with Gasteiger partial charge in [0.05, 0.1) is 12.2 Å². The Kier molecular flexibility index (Phi) is 3.61. The fourth-order valence-electron chi connectivity index (χ4n) is 9.49. The first-order valence-corrected chi connectivity index (χ1v) is 11.5. The minimum atomic E-state index is -0.244. The molecular formula is C25H40O2. The summed E-state index contributed by atoms with van der Waals surface area (Å²) in [7, 11) is 0. The van der Waals surface area contributed by atoms with Crippen LogP contribution in [0.25, 0.3) is 0 Å². The number of aliphatic hydroxyl groups is 2. The number of allylic oxidation sites excluding steroid dienone is 1. The van der Waals surface area contributed by atoms with E-state index >= 15 is 0 Å². The molecule has 0 aromatic rings. The normalized spacial score (nSPS) is 61.0. The van der Waals surface area contributed by atoms with Crippen molar-refractivity contribution in [2.24, 2.45) is 51.2 Å². The van der Waals surface area contributed by atoms with Gasteiger partial charge in [-0.2, -0.15) is 0 Å². The molecule has 0 saturated heterocycles. The highest BCUT2D eigenvalue weighted by Crippen LogP contribution is 2.74. The Labute approximate surface area is 165 Å². The molecule has 0 radical (unpaired) electrons. The Morgan fingerprint density at radius 3 is 2.41 bits per heavy atom. The van der Waals surface area contributed by atoms with E-state index in [2.05, 4.69) is 47.6 Å². The summed E-state index contributed by atoms with van der Waals surface area (Å²) < 4.78 is 0. The molecule has 10 atom stereocenters. The van der Waals surface area contributed by atoms with Crippen molar-refractivity contribution in [3.8, 4) is 0 Å². The van der Waals surface area contributed by atoms with Crippen LogP contribution in [-0.4, -0.2) is 22.4 Å². The van der Waals surface area contributed by atoms with Gasteiger partial charge in [-0.1, -0.05) is 53.2 Å². The Hall–Kier alpha value is -0.340. The van der Waals surface area contributed by atoms with Crippen LogP contribution in [-0.2, 0) is 0 Å². The van der Waals surface area contributed by atoms with Crippen LogP contribution < -0.4 is 0 Å². The van der Waals surface area contributed by atoms with Gasteiger partial charge >= 0.3 is 0 Å². The van der Waals surface area contributed by atoms with Gasteiger partial charge in [-0.3, -0.25) is 0 Å². The van der Waals surface area contributed by atoms with Crippen LogP contribution in [0.3, 0.4) is 0 Å². The fraction of sp³-hybridized carbons (Fsp3) is 0.920. The SMILES string of the molecule is C[C@H]1CC[C@@H]2[C@H](O)C[C@@H]3C(=C[C@]4(C)[C@H]3[C@H]3C(C)(C)CC[C@@]3(C)C[C@H]4O)[C@@]21C. The second-order valence-corrected chi connectivity index (χ2v) is 12.6. The van der Waals surface area contributed by atoms with Crippen molar-refractivity contribution in [2.75, 3.05) is 0 Å². The first-order chi connectivity index (χ1) is 12.4. The van der Waals surface area contributed by atoms with E-state index < -0.39 is 0 Å². The van der Waals surface area contributed by atoms with E-state index in [9.17, 15) is 10.2 Å². The molecule has 5 aliphatic carbocycles. The molecule has 27 heavy (non-hydrogen) atoms. The maximum Gasteiger partial charge on any atom is 0.0636 e. The van der Waals surface area contributed by atoms with Gasteiger partial charge in [0.25, 0.3) is 0 Å². The molecular weight excluding hydrogens is 332 g/mol. The molecule has 0 amide bonds. The van der Waals surface area contributed by atoms with E-state index in [1.54, 1.807) is 5.57 Å². The van der Waals surface area contributed by atoms with E-state index in [-0.39, 0.29) is 28.5 Å². The summed E-state index contributed by atoms with van der Waals surface area (Å²) in [6.45, 7) is 14.6. The van der Waals surface area contributed by atoms with Crippen LogP contribution >= 0.6 is 0 Å². The van der Waals surface area contributed by atoms with Crippen LogP contribution in [0.1, 0.15) is 80.1 Å². The van der Waals surface area contributed by atoms with Crippen molar-refractivity contribution in [3.05, 3.63) is 11.6 Å². The predicted octanol–water partition coefficient (Wildman–Crippen LogP) is 5.19. The summed E-state index contributed by atoms with van der Waals surface area (Å²) in [4.78, 5) is 0. The van der Waals surface area contributed by atoms with Crippen LogP contribution in [0.2, 0.25) is 0 Å². The van der Waals surface area contributed by atoms with Crippen molar-refractivity contribution in [1.29, 1.82) is 0 Å². The Balaban J connectivity index is 1.67. The molecule has 0 aromatic heterocycles. The molecule has 2 nitrogen and oxygen atoms in total. The number of rotatable bonds is 0. The van der Waals surface area contributed by atoms with E-state index in [4.69, 9.17) is 0 Å². The predicted molar refractivity (Wildman–Crippen MR) is 109 cm³/mol. The summed E-state index contributed by atoms with van der Waals surface area (Å²) in [6.07, 6.45) is 8.94. The second-order valence-electron chi connectivity index (χ2n) is 12.6. The zero-order valence-corrected chi connectivity index (χ0v) is 18.3. The quantitative estimate of drug-likeness (QED) is 0.575. The Bertz CT molecular complexity index is 694. The fourth-order valence-corrected chi connectivity index (χ4v) is 9.49. The lowest BCUT2D eigenvalue weighted by molar-refractivity contribution is -0.132. The lowest BCUT2D eigenvalue weighted by Crippen LogP contribution is -2.56. The lowest BCUT2D eigenvalue weighted by atomic mass is 9.47. The van der Waals surface area contributed by atoms with Crippen LogP contribution in [0, 0.1) is 51.2 Å². The van der Waals surface area contributed by atoms with E-state index in [1.165, 1.54) is 25.7 Å². The minimum Gasteiger partial charge on any atom is -0.393 e. The lowest BCUT2D eigenvalue weighted by Gasteiger charge is -2.58. The third-order valence-corrected chi connectivity index (χ3v) is 11.0. The minimum absolute atomic E-state index is 0.119. The third kappa shape index (κ3) is 2.05. The van der Waals surface area contributed by atoms with Crippen LogP contribution in [0.5, 0.6) is 0 Å². The molecule has 5 rings (SSSR count). The molecule has 2 heteroatoms. The first kappa shape index (κ1) is 18.7. The topological polar surface area (TPSA) is 40.5 Å². The van der Waals surface area contributed by atoms with Crippen molar-refractivity contribution in [1.82, 2.24) is 0 Å². The average Bonchev–Trinajstić information content (AvgIpc) is 3.12. The molecule has 0 aromatic carbocycles. The summed E-state index contributed by atoms with van der Waals surface area (Å²) in [5, 5.41) is 22.6. The maximum atomic E-state index is 11.4. The highest BCUT2D eigenvalue weighted by molar-refractivity contribution is 5.37. The average molecular weight is 373 g/mol. The number of fused-ring (bicyclic) bond motifs is 7. The second kappa shape index (κ2) is 5.22. The van der Waals surface area contributed by atoms with Gasteiger partial charge in [-0.25, -0.2) is 0 Å². The van der Waals surface area contributed by atoms with Gasteiger partial charge in [-0.05, 0) is 84.4 Å². The maximum absolute atomic E-state index is 11.4. The highest BCUT2D eigenvalue weighted by atomic mass is 16.3. The monoisotopic (exact) mass is 372 g/mol. The van der Waals surface area contributed by atoms with Gasteiger partial charge in [-0.15, -0.1) is 0 Å². The van der Waals surface area contributed by atoms with E-state index in [0.29, 0.717) is 35.0 Å². The third-order valence-electron chi connectivity index (χ3n) is 11.0. The van der Waals surface area contributed by atoms with Gasteiger partial charge in [0.15, 0.2) is 0 Å². The summed E-state index contributed by atoms with van der Waals surface area (Å²) in [5.41, 5.74) is 2.21. The smallest absolute Gasteiger partial charge is 0.0636 e. The zero-order valence-electron chi connectivity index (χ0n) is 18.3. The van der Waals surface area contributed by atoms with Gasteiger partial charge in [0.2, 0.25) is 0 Å². The van der Waals surface area contributed by atoms with Crippen LogP contribution in [0.15, 0.2) is 11.6 Å². The Morgan fingerprint density at radius 2 is 1.70 bits per heavy atom. The van der Waals surface area contributed by atoms with E-state index in [0.717, 1.165) is 12.8 Å². The standard InChI is InChI=1S/C25H40O2/c1-14-7-8-16-18(26)11-15-17(25(14,16)6)12-24(5)19(27)13-23(4)10-9-22(2,3)21(23)20(15)24/h12,14-16,18-21,26-27H,7-11,13H2,1-6H3/t14-,15+,16+,18+,19+,20+,21-,23-,24-,25+/m0/s1. The molecule has 0 spiro atoms. The van der Waals surface area contributed by atoms with Gasteiger partial charge in [0.1, 0.15) is 0 Å². The van der Waals surface area contributed by atoms with Gasteiger partial charge < -0.3 is 10.2 Å². The molecule has 152 valence electrons. The van der Waals surface area contributed by atoms with Crippen molar-refractivity contribution in [2.45, 2.75) is 92.3 Å². The first-order valence-electron chi connectivity index (χ1n) is 11.5. The number of hydrogen-bond donors (Lipinski definition) is 2. The molecule has 4 fully saturated rings. The molecule has 0 aliphatic heterocycles. The van der Waals surface area contributed by atoms with Crippen molar-refractivity contribution in [3.63, 3.8) is 0 Å². The summed E-state index contributed by atoms with van der Waals surface area (Å²) >= 11 is 0. The highest BCUT2D eigenvalue weighted by Gasteiger charge is 2.69. The van der Waals surface area contributed by atoms with Crippen LogP contribution in [0.4, 0.5) is 0 Å². The summed E-state index contributed by atoms with van der Waals surface area (Å²) in [6, 6.07) is 0.